The van der Waals surface area contributed by atoms with Crippen LogP contribution in [-0.2, 0) is 4.74 Å². The van der Waals surface area contributed by atoms with Gasteiger partial charge in [0, 0.05) is 0 Å². The predicted octanol–water partition coefficient (Wildman–Crippen LogP) is 0.759. The second kappa shape index (κ2) is 3.21. The number of aromatic nitrogens is 1. The zero-order valence-corrected chi connectivity index (χ0v) is 7.00. The molecular formula is C8H10N2O2. The Hall–Kier alpha value is -1.58. The van der Waals surface area contributed by atoms with Crippen molar-refractivity contribution in [1.82, 2.24) is 4.98 Å². The zero-order valence-electron chi connectivity index (χ0n) is 7.00. The number of hydrogen-bond acceptors (Lipinski definition) is 4. The van der Waals surface area contributed by atoms with E-state index in [1.807, 2.05) is 6.92 Å². The Labute approximate surface area is 70.4 Å². The minimum atomic E-state index is -0.471. The molecule has 0 unspecified atom stereocenters. The fourth-order valence-electron chi connectivity index (χ4n) is 0.763. The van der Waals surface area contributed by atoms with Crippen LogP contribution in [0, 0.1) is 6.92 Å². The molecule has 0 spiro atoms. The van der Waals surface area contributed by atoms with Gasteiger partial charge in [0.2, 0.25) is 0 Å². The second-order valence-corrected chi connectivity index (χ2v) is 2.39. The molecule has 0 radical (unpaired) electrons. The number of nitrogens with two attached hydrogens (primary N) is 1. The highest BCUT2D eigenvalue weighted by molar-refractivity contribution is 5.87. The monoisotopic (exact) mass is 166 g/mol. The quantitative estimate of drug-likeness (QED) is 0.625. The standard InChI is InChI=1S/C8H10N2O2/c1-5-3-4-6(8(11)12-2)10-7(5)9/h3-4H,1-2H3,(H2,9,10). The number of esters is 1. The molecule has 0 saturated heterocycles. The van der Waals surface area contributed by atoms with Gasteiger partial charge in [-0.1, -0.05) is 6.07 Å². The largest absolute Gasteiger partial charge is 0.464 e. The summed E-state index contributed by atoms with van der Waals surface area (Å²) in [5.41, 5.74) is 6.58. The van der Waals surface area contributed by atoms with E-state index < -0.39 is 5.97 Å². The lowest BCUT2D eigenvalue weighted by Gasteiger charge is -2.01. The number of hydrogen-bond donors (Lipinski definition) is 1. The molecule has 0 atom stereocenters. The molecule has 0 aliphatic carbocycles. The van der Waals surface area contributed by atoms with Crippen molar-refractivity contribution < 1.29 is 9.53 Å². The second-order valence-electron chi connectivity index (χ2n) is 2.39. The molecule has 12 heavy (non-hydrogen) atoms. The van der Waals surface area contributed by atoms with Crippen molar-refractivity contribution in [3.8, 4) is 0 Å². The van der Waals surface area contributed by atoms with Crippen LogP contribution in [-0.4, -0.2) is 18.1 Å². The lowest BCUT2D eigenvalue weighted by Crippen LogP contribution is -2.06. The third kappa shape index (κ3) is 1.53. The van der Waals surface area contributed by atoms with Gasteiger partial charge >= 0.3 is 5.97 Å². The molecular weight excluding hydrogens is 156 g/mol. The number of nitrogen functional groups attached to an aromatic ring is 1. The summed E-state index contributed by atoms with van der Waals surface area (Å²) in [5.74, 6) is -0.111. The van der Waals surface area contributed by atoms with Gasteiger partial charge in [-0.3, -0.25) is 0 Å². The number of pyridine rings is 1. The number of nitrogens with zero attached hydrogens (tertiary/aromatic N) is 1. The third-order valence-electron chi connectivity index (χ3n) is 1.53. The van der Waals surface area contributed by atoms with E-state index in [9.17, 15) is 4.79 Å². The van der Waals surface area contributed by atoms with E-state index in [1.54, 1.807) is 12.1 Å². The molecule has 1 aromatic rings. The predicted molar refractivity (Wildman–Crippen MR) is 44.7 cm³/mol. The number of methoxy groups -OCH3 is 1. The maximum Gasteiger partial charge on any atom is 0.356 e. The SMILES string of the molecule is COC(=O)c1ccc(C)c(N)n1. The fourth-order valence-corrected chi connectivity index (χ4v) is 0.763. The Morgan fingerprint density at radius 2 is 2.25 bits per heavy atom. The highest BCUT2D eigenvalue weighted by Crippen LogP contribution is 2.08. The van der Waals surface area contributed by atoms with Gasteiger partial charge < -0.3 is 10.5 Å². The Morgan fingerprint density at radius 3 is 2.75 bits per heavy atom. The van der Waals surface area contributed by atoms with Crippen LogP contribution in [0.1, 0.15) is 16.1 Å². The van der Waals surface area contributed by atoms with E-state index in [2.05, 4.69) is 9.72 Å². The van der Waals surface area contributed by atoms with E-state index in [0.717, 1.165) is 5.56 Å². The molecule has 0 amide bonds. The minimum absolute atomic E-state index is 0.237. The van der Waals surface area contributed by atoms with Crippen LogP contribution >= 0.6 is 0 Å². The number of rotatable bonds is 1. The number of aryl methyl sites for hydroxylation is 1. The summed E-state index contributed by atoms with van der Waals surface area (Å²) in [5, 5.41) is 0. The van der Waals surface area contributed by atoms with E-state index in [4.69, 9.17) is 5.73 Å². The number of anilines is 1. The summed E-state index contributed by atoms with van der Waals surface area (Å²) < 4.78 is 4.47. The number of ether oxygens (including phenoxy) is 1. The molecule has 0 fully saturated rings. The Balaban J connectivity index is 3.05. The summed E-state index contributed by atoms with van der Waals surface area (Å²) in [4.78, 5) is 14.8. The van der Waals surface area contributed by atoms with Gasteiger partial charge in [0.25, 0.3) is 0 Å². The molecule has 0 saturated carbocycles. The summed E-state index contributed by atoms with van der Waals surface area (Å²) in [6.45, 7) is 1.82. The van der Waals surface area contributed by atoms with Crippen LogP contribution in [0.5, 0.6) is 0 Å². The maximum atomic E-state index is 10.9. The molecule has 1 heterocycles. The molecule has 0 aromatic carbocycles. The number of carbonyl (C=O) groups is 1. The molecule has 1 aromatic heterocycles. The lowest BCUT2D eigenvalue weighted by atomic mass is 10.2. The Bertz CT molecular complexity index is 310. The first-order valence-corrected chi connectivity index (χ1v) is 3.46. The molecule has 0 aliphatic heterocycles. The molecule has 0 bridgehead atoms. The molecule has 1 rings (SSSR count). The van der Waals surface area contributed by atoms with E-state index in [1.165, 1.54) is 7.11 Å². The average molecular weight is 166 g/mol. The molecule has 2 N–H and O–H groups in total. The minimum Gasteiger partial charge on any atom is -0.464 e. The number of carbonyl (C=O) groups excluding carboxylic acids is 1. The first kappa shape index (κ1) is 8.52. The molecule has 0 aliphatic rings. The smallest absolute Gasteiger partial charge is 0.356 e. The maximum absolute atomic E-state index is 10.9. The first-order chi connectivity index (χ1) is 5.65. The van der Waals surface area contributed by atoms with E-state index >= 15 is 0 Å². The molecule has 4 nitrogen and oxygen atoms in total. The Kier molecular flexibility index (Phi) is 2.28. The van der Waals surface area contributed by atoms with Crippen LogP contribution < -0.4 is 5.73 Å². The van der Waals surface area contributed by atoms with Crippen molar-refractivity contribution in [3.05, 3.63) is 23.4 Å². The van der Waals surface area contributed by atoms with Crippen molar-refractivity contribution in [2.24, 2.45) is 0 Å². The van der Waals surface area contributed by atoms with Crippen LogP contribution in [0.15, 0.2) is 12.1 Å². The van der Waals surface area contributed by atoms with E-state index in [-0.39, 0.29) is 5.69 Å². The fraction of sp³-hybridized carbons (Fsp3) is 0.250. The van der Waals surface area contributed by atoms with Gasteiger partial charge in [-0.25, -0.2) is 9.78 Å². The van der Waals surface area contributed by atoms with Crippen LogP contribution in [0.3, 0.4) is 0 Å². The van der Waals surface area contributed by atoms with Crippen molar-refractivity contribution in [3.63, 3.8) is 0 Å². The van der Waals surface area contributed by atoms with E-state index in [0.29, 0.717) is 5.82 Å². The Morgan fingerprint density at radius 1 is 1.58 bits per heavy atom. The van der Waals surface area contributed by atoms with Gasteiger partial charge in [-0.2, -0.15) is 0 Å². The van der Waals surface area contributed by atoms with Crippen molar-refractivity contribution >= 4 is 11.8 Å². The first-order valence-electron chi connectivity index (χ1n) is 3.46. The average Bonchev–Trinajstić information content (AvgIpc) is 2.08. The van der Waals surface area contributed by atoms with Gasteiger partial charge in [0.1, 0.15) is 5.82 Å². The van der Waals surface area contributed by atoms with Crippen molar-refractivity contribution in [1.29, 1.82) is 0 Å². The van der Waals surface area contributed by atoms with Gasteiger partial charge in [0.15, 0.2) is 5.69 Å². The molecule has 4 heteroatoms. The van der Waals surface area contributed by atoms with Crippen molar-refractivity contribution in [2.75, 3.05) is 12.8 Å². The van der Waals surface area contributed by atoms with Crippen LogP contribution in [0.4, 0.5) is 5.82 Å². The zero-order chi connectivity index (χ0) is 9.14. The lowest BCUT2D eigenvalue weighted by molar-refractivity contribution is 0.0594. The highest BCUT2D eigenvalue weighted by Gasteiger charge is 2.07. The van der Waals surface area contributed by atoms with Gasteiger partial charge in [-0.05, 0) is 18.6 Å². The van der Waals surface area contributed by atoms with Crippen molar-refractivity contribution in [2.45, 2.75) is 6.92 Å². The summed E-state index contributed by atoms with van der Waals surface area (Å²) in [6.07, 6.45) is 0. The highest BCUT2D eigenvalue weighted by atomic mass is 16.5. The summed E-state index contributed by atoms with van der Waals surface area (Å²) in [6, 6.07) is 3.31. The summed E-state index contributed by atoms with van der Waals surface area (Å²) in [7, 11) is 1.31. The summed E-state index contributed by atoms with van der Waals surface area (Å²) >= 11 is 0. The molecule has 64 valence electrons. The normalized spacial score (nSPS) is 9.50. The van der Waals surface area contributed by atoms with Gasteiger partial charge in [-0.15, -0.1) is 0 Å². The van der Waals surface area contributed by atoms with Crippen LogP contribution in [0.25, 0.3) is 0 Å². The van der Waals surface area contributed by atoms with Crippen LogP contribution in [0.2, 0.25) is 0 Å². The topological polar surface area (TPSA) is 65.2 Å². The van der Waals surface area contributed by atoms with Gasteiger partial charge in [0.05, 0.1) is 7.11 Å². The third-order valence-corrected chi connectivity index (χ3v) is 1.53.